The lowest BCUT2D eigenvalue weighted by molar-refractivity contribution is -0.0730. The van der Waals surface area contributed by atoms with Crippen molar-refractivity contribution >= 4 is 27.6 Å². The van der Waals surface area contributed by atoms with Crippen LogP contribution in [0.25, 0.3) is 33.2 Å². The lowest BCUT2D eigenvalue weighted by atomic mass is 9.82. The molecule has 5 aromatic rings. The summed E-state index contributed by atoms with van der Waals surface area (Å²) in [4.78, 5) is 15.2. The Morgan fingerprint density at radius 3 is 2.72 bits per heavy atom. The number of hydrogen-bond donors (Lipinski definition) is 2. The Morgan fingerprint density at radius 1 is 1.13 bits per heavy atom. The second kappa shape index (κ2) is 8.81. The molecule has 1 saturated heterocycles. The lowest BCUT2D eigenvalue weighted by Crippen LogP contribution is -2.43. The minimum Gasteiger partial charge on any atom is -0.403 e. The molecule has 39 heavy (non-hydrogen) atoms. The highest BCUT2D eigenvalue weighted by atomic mass is 16.5. The summed E-state index contributed by atoms with van der Waals surface area (Å²) in [6.07, 6.45) is 11.1. The van der Waals surface area contributed by atoms with Crippen LogP contribution >= 0.6 is 0 Å². The van der Waals surface area contributed by atoms with Gasteiger partial charge >= 0.3 is 0 Å². The van der Waals surface area contributed by atoms with Crippen LogP contribution in [0.15, 0.2) is 65.9 Å². The van der Waals surface area contributed by atoms with Crippen LogP contribution < -0.4 is 5.73 Å². The van der Waals surface area contributed by atoms with E-state index in [1.807, 2.05) is 55.3 Å². The fourth-order valence-electron chi connectivity index (χ4n) is 6.31. The first kappa shape index (κ1) is 23.7. The van der Waals surface area contributed by atoms with Crippen molar-refractivity contribution in [2.45, 2.75) is 25.0 Å². The summed E-state index contributed by atoms with van der Waals surface area (Å²) in [6.45, 7) is 2.19. The molecule has 1 fully saturated rings. The average Bonchev–Trinajstić information content (AvgIpc) is 3.74. The molecule has 6 heterocycles. The van der Waals surface area contributed by atoms with Crippen molar-refractivity contribution in [3.63, 3.8) is 0 Å². The normalized spacial score (nSPS) is 17.6. The molecule has 4 aromatic heterocycles. The molecule has 2 aliphatic heterocycles. The Bertz CT molecular complexity index is 1780. The molecule has 10 heteroatoms. The Kier molecular flexibility index (Phi) is 5.34. The summed E-state index contributed by atoms with van der Waals surface area (Å²) < 4.78 is 10.3. The van der Waals surface area contributed by atoms with Crippen molar-refractivity contribution in [3.8, 4) is 11.3 Å². The molecule has 1 spiro atoms. The highest BCUT2D eigenvalue weighted by molar-refractivity contribution is 6.13. The van der Waals surface area contributed by atoms with E-state index in [2.05, 4.69) is 49.3 Å². The number of allylic oxidation sites excluding steroid dienone is 1. The van der Waals surface area contributed by atoms with Crippen LogP contribution in [-0.2, 0) is 31.0 Å². The van der Waals surface area contributed by atoms with Gasteiger partial charge < -0.3 is 20.4 Å². The number of benzene rings is 1. The van der Waals surface area contributed by atoms with Gasteiger partial charge in [0, 0.05) is 85.9 Å². The molecule has 1 aromatic carbocycles. The zero-order valence-corrected chi connectivity index (χ0v) is 22.3. The van der Waals surface area contributed by atoms with Crippen molar-refractivity contribution in [1.29, 1.82) is 0 Å². The van der Waals surface area contributed by atoms with Crippen molar-refractivity contribution in [2.75, 3.05) is 20.1 Å². The first-order valence-electron chi connectivity index (χ1n) is 13.2. The minimum absolute atomic E-state index is 0.348. The molecule has 10 nitrogen and oxygen atoms in total. The number of nitrogens with two attached hydrogens (primary N) is 1. The van der Waals surface area contributed by atoms with E-state index < -0.39 is 0 Å². The highest BCUT2D eigenvalue weighted by Crippen LogP contribution is 2.48. The van der Waals surface area contributed by atoms with Gasteiger partial charge in [0.25, 0.3) is 0 Å². The molecule has 7 rings (SSSR count). The van der Waals surface area contributed by atoms with Crippen molar-refractivity contribution in [3.05, 3.63) is 77.6 Å². The number of aryl methyl sites for hydroxylation is 2. The number of rotatable bonds is 4. The van der Waals surface area contributed by atoms with Crippen molar-refractivity contribution in [1.82, 2.24) is 34.4 Å². The molecule has 0 amide bonds. The summed E-state index contributed by atoms with van der Waals surface area (Å²) >= 11 is 0. The Balaban J connectivity index is 1.18. The number of nitrogens with one attached hydrogen (secondary N) is 1. The maximum atomic E-state index is 6.58. The largest absolute Gasteiger partial charge is 0.403 e. The van der Waals surface area contributed by atoms with Crippen LogP contribution in [-0.4, -0.2) is 60.3 Å². The number of pyridine rings is 1. The predicted molar refractivity (Wildman–Crippen MR) is 151 cm³/mol. The molecule has 0 saturated carbocycles. The first-order valence-corrected chi connectivity index (χ1v) is 13.2. The third-order valence-electron chi connectivity index (χ3n) is 8.27. The van der Waals surface area contributed by atoms with Gasteiger partial charge in [-0.15, -0.1) is 0 Å². The summed E-state index contributed by atoms with van der Waals surface area (Å²) in [5, 5.41) is 10.9. The number of aromatic nitrogens is 6. The van der Waals surface area contributed by atoms with Crippen LogP contribution in [0.3, 0.4) is 0 Å². The molecular formula is C29H31N9O. The molecule has 2 aliphatic rings. The molecular weight excluding hydrogens is 490 g/mol. The second-order valence-electron chi connectivity index (χ2n) is 10.4. The van der Waals surface area contributed by atoms with Crippen LogP contribution in [0.1, 0.15) is 29.5 Å². The Morgan fingerprint density at radius 2 is 1.97 bits per heavy atom. The van der Waals surface area contributed by atoms with Crippen molar-refractivity contribution in [2.24, 2.45) is 24.8 Å². The van der Waals surface area contributed by atoms with Crippen LogP contribution in [0, 0.1) is 0 Å². The summed E-state index contributed by atoms with van der Waals surface area (Å²) in [6, 6.07) is 8.50. The van der Waals surface area contributed by atoms with Gasteiger partial charge in [0.1, 0.15) is 5.65 Å². The van der Waals surface area contributed by atoms with E-state index in [-0.39, 0.29) is 5.60 Å². The van der Waals surface area contributed by atoms with Gasteiger partial charge in [0.05, 0.1) is 47.2 Å². The van der Waals surface area contributed by atoms with Crippen molar-refractivity contribution < 1.29 is 4.74 Å². The van der Waals surface area contributed by atoms with Gasteiger partial charge in [0.2, 0.25) is 0 Å². The highest BCUT2D eigenvalue weighted by Gasteiger charge is 2.45. The minimum atomic E-state index is -0.348. The summed E-state index contributed by atoms with van der Waals surface area (Å²) in [7, 11) is 5.70. The molecule has 0 aliphatic carbocycles. The monoisotopic (exact) mass is 521 g/mol. The van der Waals surface area contributed by atoms with Gasteiger partial charge in [-0.2, -0.15) is 10.2 Å². The van der Waals surface area contributed by atoms with Gasteiger partial charge in [-0.1, -0.05) is 6.07 Å². The van der Waals surface area contributed by atoms with Crippen LogP contribution in [0.5, 0.6) is 0 Å². The van der Waals surface area contributed by atoms with Gasteiger partial charge in [-0.25, -0.2) is 4.98 Å². The van der Waals surface area contributed by atoms with E-state index in [1.165, 1.54) is 11.1 Å². The third-order valence-corrected chi connectivity index (χ3v) is 8.27. The first-order chi connectivity index (χ1) is 19.0. The Labute approximate surface area is 225 Å². The van der Waals surface area contributed by atoms with Gasteiger partial charge in [-0.3, -0.25) is 14.4 Å². The summed E-state index contributed by atoms with van der Waals surface area (Å²) in [5.41, 5.74) is 15.2. The van der Waals surface area contributed by atoms with E-state index in [0.29, 0.717) is 6.61 Å². The SMILES string of the molecule is CN=C(/C(=C\N)N1CCC2(CC1)OCc1cnc3[nH]c(-c4cnn(C)c4)cc3c12)c1ccc2c(cnn2C)c1. The predicted octanol–water partition coefficient (Wildman–Crippen LogP) is 3.59. The van der Waals surface area contributed by atoms with E-state index >= 15 is 0 Å². The number of fused-ring (bicyclic) bond motifs is 5. The number of likely N-dealkylation sites (tertiary alicyclic amines) is 1. The molecule has 0 bridgehead atoms. The maximum Gasteiger partial charge on any atom is 0.138 e. The zero-order chi connectivity index (χ0) is 26.7. The number of aromatic amines is 1. The molecule has 0 radical (unpaired) electrons. The third kappa shape index (κ3) is 3.66. The molecule has 198 valence electrons. The average molecular weight is 522 g/mol. The molecule has 0 atom stereocenters. The number of H-pyrrole nitrogens is 1. The van der Waals surface area contributed by atoms with Crippen LogP contribution in [0.4, 0.5) is 0 Å². The zero-order valence-electron chi connectivity index (χ0n) is 22.3. The van der Waals surface area contributed by atoms with E-state index in [0.717, 1.165) is 76.1 Å². The fourth-order valence-corrected chi connectivity index (χ4v) is 6.31. The smallest absolute Gasteiger partial charge is 0.138 e. The lowest BCUT2D eigenvalue weighted by Gasteiger charge is -2.41. The fraction of sp³-hybridized carbons (Fsp3) is 0.310. The number of hydrogen-bond acceptors (Lipinski definition) is 7. The topological polar surface area (TPSA) is 115 Å². The molecule has 3 N–H and O–H groups in total. The number of piperidine rings is 1. The number of aliphatic imine (C=N–C) groups is 1. The van der Waals surface area contributed by atoms with E-state index in [9.17, 15) is 0 Å². The number of nitrogens with zero attached hydrogens (tertiary/aromatic N) is 7. The van der Waals surface area contributed by atoms with Gasteiger partial charge in [-0.05, 0) is 31.0 Å². The summed E-state index contributed by atoms with van der Waals surface area (Å²) in [5.74, 6) is 0. The molecule has 0 unspecified atom stereocenters. The number of ether oxygens (including phenoxy) is 1. The van der Waals surface area contributed by atoms with E-state index in [1.54, 1.807) is 6.20 Å². The van der Waals surface area contributed by atoms with Crippen LogP contribution in [0.2, 0.25) is 0 Å². The van der Waals surface area contributed by atoms with Gasteiger partial charge in [0.15, 0.2) is 0 Å². The standard InChI is InChI=1S/C29H31N9O/c1-31-27(18-4-5-24-19(10-18)14-34-37(24)3)25(12-30)38-8-6-29(7-9-38)26-21(17-39-29)13-32-28-22(26)11-23(35-28)20-15-33-36(2)16-20/h4-5,10-16H,6-9,17,30H2,1-3H3,(H,32,35)/b25-12+,31-27?. The quantitative estimate of drug-likeness (QED) is 0.349. The second-order valence-corrected chi connectivity index (χ2v) is 10.4. The Hall–Kier alpha value is -4.44. The maximum absolute atomic E-state index is 6.58. The van der Waals surface area contributed by atoms with E-state index in [4.69, 9.17) is 15.5 Å².